The van der Waals surface area contributed by atoms with Crippen LogP contribution in [-0.2, 0) is 9.59 Å². The number of anilines is 1. The predicted octanol–water partition coefficient (Wildman–Crippen LogP) is 2.38. The molecule has 5 nitrogen and oxygen atoms in total. The highest BCUT2D eigenvalue weighted by atomic mass is 35.5. The maximum Gasteiger partial charge on any atom is 0.303 e. The molecule has 1 amide bonds. The fourth-order valence-electron chi connectivity index (χ4n) is 2.54. The van der Waals surface area contributed by atoms with Gasteiger partial charge < -0.3 is 10.4 Å². The van der Waals surface area contributed by atoms with Gasteiger partial charge in [-0.05, 0) is 43.5 Å². The quantitative estimate of drug-likeness (QED) is 0.876. The number of carboxylic acid groups (broad SMARTS) is 1. The number of likely N-dealkylation sites (tertiary alicyclic amines) is 1. The number of carboxylic acids is 1. The number of carbonyl (C=O) groups excluding carboxylic acids is 1. The fourth-order valence-corrected chi connectivity index (χ4v) is 2.72. The normalized spacial score (nSPS) is 18.7. The van der Waals surface area contributed by atoms with Crippen molar-refractivity contribution in [3.63, 3.8) is 0 Å². The van der Waals surface area contributed by atoms with Gasteiger partial charge in [0.2, 0.25) is 5.91 Å². The highest BCUT2D eigenvalue weighted by molar-refractivity contribution is 6.31. The molecule has 0 spiro atoms. The van der Waals surface area contributed by atoms with Crippen molar-refractivity contribution in [3.8, 4) is 0 Å². The van der Waals surface area contributed by atoms with Gasteiger partial charge in [0.25, 0.3) is 0 Å². The number of benzene rings is 1. The van der Waals surface area contributed by atoms with Crippen molar-refractivity contribution in [2.24, 2.45) is 5.92 Å². The van der Waals surface area contributed by atoms with E-state index in [0.29, 0.717) is 17.3 Å². The van der Waals surface area contributed by atoms with Gasteiger partial charge in [0.15, 0.2) is 0 Å². The average Bonchev–Trinajstić information content (AvgIpc) is 2.80. The number of nitrogens with zero attached hydrogens (tertiary/aromatic N) is 1. The molecule has 6 heteroatoms. The van der Waals surface area contributed by atoms with Gasteiger partial charge in [0.1, 0.15) is 0 Å². The molecular formula is C15H19ClN2O3. The van der Waals surface area contributed by atoms with Crippen LogP contribution >= 0.6 is 11.6 Å². The fraction of sp³-hybridized carbons (Fsp3) is 0.467. The van der Waals surface area contributed by atoms with E-state index in [4.69, 9.17) is 16.7 Å². The molecule has 2 rings (SSSR count). The predicted molar refractivity (Wildman–Crippen MR) is 81.6 cm³/mol. The lowest BCUT2D eigenvalue weighted by Gasteiger charge is -2.15. The van der Waals surface area contributed by atoms with E-state index in [2.05, 4.69) is 5.32 Å². The molecule has 0 bridgehead atoms. The summed E-state index contributed by atoms with van der Waals surface area (Å²) in [6, 6.07) is 5.40. The van der Waals surface area contributed by atoms with Crippen molar-refractivity contribution in [2.75, 3.05) is 25.0 Å². The molecule has 1 unspecified atom stereocenters. The Kier molecular flexibility index (Phi) is 5.20. The summed E-state index contributed by atoms with van der Waals surface area (Å²) in [5.41, 5.74) is 1.64. The molecule has 1 heterocycles. The minimum absolute atomic E-state index is 0.106. The van der Waals surface area contributed by atoms with Gasteiger partial charge in [0, 0.05) is 23.7 Å². The third-order valence-corrected chi connectivity index (χ3v) is 4.06. The van der Waals surface area contributed by atoms with Crippen LogP contribution < -0.4 is 5.32 Å². The average molecular weight is 311 g/mol. The summed E-state index contributed by atoms with van der Waals surface area (Å²) in [6.07, 6.45) is 1.00. The first-order chi connectivity index (χ1) is 9.94. The molecule has 1 fully saturated rings. The van der Waals surface area contributed by atoms with Crippen molar-refractivity contribution in [1.29, 1.82) is 0 Å². The number of hydrogen-bond donors (Lipinski definition) is 2. The van der Waals surface area contributed by atoms with Gasteiger partial charge in [-0.3, -0.25) is 14.5 Å². The maximum atomic E-state index is 12.0. The second-order valence-corrected chi connectivity index (χ2v) is 5.91. The summed E-state index contributed by atoms with van der Waals surface area (Å²) in [5, 5.41) is 12.2. The minimum Gasteiger partial charge on any atom is -0.481 e. The van der Waals surface area contributed by atoms with Gasteiger partial charge in [0.05, 0.1) is 6.54 Å². The van der Waals surface area contributed by atoms with E-state index >= 15 is 0 Å². The zero-order chi connectivity index (χ0) is 15.4. The second kappa shape index (κ2) is 6.91. The molecule has 1 aliphatic heterocycles. The Morgan fingerprint density at radius 3 is 2.90 bits per heavy atom. The van der Waals surface area contributed by atoms with Crippen LogP contribution in [0.5, 0.6) is 0 Å². The zero-order valence-corrected chi connectivity index (χ0v) is 12.7. The van der Waals surface area contributed by atoms with Crippen molar-refractivity contribution >= 4 is 29.2 Å². The summed E-state index contributed by atoms with van der Waals surface area (Å²) >= 11 is 6.02. The van der Waals surface area contributed by atoms with Crippen molar-refractivity contribution in [1.82, 2.24) is 4.90 Å². The molecular weight excluding hydrogens is 292 g/mol. The molecule has 114 valence electrons. The Balaban J connectivity index is 1.82. The maximum absolute atomic E-state index is 12.0. The van der Waals surface area contributed by atoms with E-state index in [0.717, 1.165) is 18.5 Å². The Morgan fingerprint density at radius 1 is 1.48 bits per heavy atom. The number of carbonyl (C=O) groups is 2. The van der Waals surface area contributed by atoms with Gasteiger partial charge in [-0.2, -0.15) is 0 Å². The van der Waals surface area contributed by atoms with Gasteiger partial charge in [-0.25, -0.2) is 0 Å². The number of hydrogen-bond acceptors (Lipinski definition) is 3. The van der Waals surface area contributed by atoms with E-state index in [1.54, 1.807) is 6.07 Å². The number of nitrogens with one attached hydrogen (secondary N) is 1. The molecule has 1 saturated heterocycles. The molecule has 1 aromatic rings. The SMILES string of the molecule is Cc1ccc(NC(=O)CN2CCC(CC(=O)O)C2)cc1Cl. The molecule has 0 aromatic heterocycles. The summed E-state index contributed by atoms with van der Waals surface area (Å²) < 4.78 is 0. The van der Waals surface area contributed by atoms with Crippen LogP contribution in [0.4, 0.5) is 5.69 Å². The molecule has 0 saturated carbocycles. The third kappa shape index (κ3) is 4.72. The lowest BCUT2D eigenvalue weighted by atomic mass is 10.1. The number of aryl methyl sites for hydroxylation is 1. The Bertz CT molecular complexity index is 548. The van der Waals surface area contributed by atoms with Gasteiger partial charge >= 0.3 is 5.97 Å². The monoisotopic (exact) mass is 310 g/mol. The highest BCUT2D eigenvalue weighted by Gasteiger charge is 2.25. The smallest absolute Gasteiger partial charge is 0.303 e. The Labute approximate surface area is 128 Å². The molecule has 0 radical (unpaired) electrons. The van der Waals surface area contributed by atoms with Crippen LogP contribution in [0.2, 0.25) is 5.02 Å². The molecule has 2 N–H and O–H groups in total. The molecule has 1 aromatic carbocycles. The highest BCUT2D eigenvalue weighted by Crippen LogP contribution is 2.21. The van der Waals surface area contributed by atoms with Crippen LogP contribution in [-0.4, -0.2) is 41.5 Å². The second-order valence-electron chi connectivity index (χ2n) is 5.50. The summed E-state index contributed by atoms with van der Waals surface area (Å²) in [4.78, 5) is 24.6. The first kappa shape index (κ1) is 15.8. The van der Waals surface area contributed by atoms with Crippen molar-refractivity contribution in [2.45, 2.75) is 19.8 Å². The molecule has 1 atom stereocenters. The van der Waals surface area contributed by atoms with Crippen LogP contribution in [0.1, 0.15) is 18.4 Å². The van der Waals surface area contributed by atoms with Gasteiger partial charge in [-0.15, -0.1) is 0 Å². The van der Waals surface area contributed by atoms with Crippen molar-refractivity contribution in [3.05, 3.63) is 28.8 Å². The number of rotatable bonds is 5. The molecule has 0 aliphatic carbocycles. The lowest BCUT2D eigenvalue weighted by molar-refractivity contribution is -0.138. The van der Waals surface area contributed by atoms with E-state index < -0.39 is 5.97 Å². The standard InChI is InChI=1S/C15H19ClN2O3/c1-10-2-3-12(7-13(10)16)17-14(19)9-18-5-4-11(8-18)6-15(20)21/h2-3,7,11H,4-6,8-9H2,1H3,(H,17,19)(H,20,21). The lowest BCUT2D eigenvalue weighted by Crippen LogP contribution is -2.31. The molecule has 21 heavy (non-hydrogen) atoms. The van der Waals surface area contributed by atoms with Crippen LogP contribution in [0.3, 0.4) is 0 Å². The first-order valence-electron chi connectivity index (χ1n) is 6.94. The third-order valence-electron chi connectivity index (χ3n) is 3.66. The summed E-state index contributed by atoms with van der Waals surface area (Å²) in [6.45, 7) is 3.61. The summed E-state index contributed by atoms with van der Waals surface area (Å²) in [7, 11) is 0. The number of halogens is 1. The zero-order valence-electron chi connectivity index (χ0n) is 11.9. The number of aliphatic carboxylic acids is 1. The van der Waals surface area contributed by atoms with E-state index in [9.17, 15) is 9.59 Å². The van der Waals surface area contributed by atoms with Crippen LogP contribution in [0.25, 0.3) is 0 Å². The number of amides is 1. The largest absolute Gasteiger partial charge is 0.481 e. The Morgan fingerprint density at radius 2 is 2.24 bits per heavy atom. The Hall–Kier alpha value is -1.59. The van der Waals surface area contributed by atoms with Gasteiger partial charge in [-0.1, -0.05) is 17.7 Å². The topological polar surface area (TPSA) is 69.6 Å². The van der Waals surface area contributed by atoms with Crippen LogP contribution in [0.15, 0.2) is 18.2 Å². The van der Waals surface area contributed by atoms with E-state index in [1.807, 2.05) is 24.0 Å². The first-order valence-corrected chi connectivity index (χ1v) is 7.32. The molecule has 1 aliphatic rings. The van der Waals surface area contributed by atoms with E-state index in [1.165, 1.54) is 0 Å². The van der Waals surface area contributed by atoms with Crippen molar-refractivity contribution < 1.29 is 14.7 Å². The van der Waals surface area contributed by atoms with Crippen LogP contribution in [0, 0.1) is 12.8 Å². The minimum atomic E-state index is -0.777. The van der Waals surface area contributed by atoms with E-state index in [-0.39, 0.29) is 24.8 Å². The summed E-state index contributed by atoms with van der Waals surface area (Å²) in [5.74, 6) is -0.740.